The van der Waals surface area contributed by atoms with E-state index in [2.05, 4.69) is 13.8 Å². The Bertz CT molecular complexity index is 563. The molecule has 0 aliphatic carbocycles. The summed E-state index contributed by atoms with van der Waals surface area (Å²) < 4.78 is 29.0. The number of rotatable bonds is 10. The zero-order valence-electron chi connectivity index (χ0n) is 16.4. The Morgan fingerprint density at radius 3 is 2.30 bits per heavy atom. The molecule has 1 saturated heterocycles. The minimum absolute atomic E-state index is 0.282. The molecule has 7 nitrogen and oxygen atoms in total. The van der Waals surface area contributed by atoms with Crippen LogP contribution in [0.25, 0.3) is 0 Å². The normalized spacial score (nSPS) is 28.4. The van der Waals surface area contributed by atoms with Crippen LogP contribution in [-0.4, -0.2) is 62.6 Å². The standard InChI is InChI=1S/C20H30O7/c1-13(2)10-15-17(23-3)18(24-4)19(20(27-15)26-12-16(21)22)25-11-14-8-6-5-7-9-14/h5-9,13,15,17-20H,10-12H2,1-4H3,(H,21,22)/t15-,17-,18+,19+,20+/m1/s1. The summed E-state index contributed by atoms with van der Waals surface area (Å²) in [4.78, 5) is 11.0. The Kier molecular flexibility index (Phi) is 8.66. The predicted octanol–water partition coefficient (Wildman–Crippen LogP) is 2.47. The average Bonchev–Trinajstić information content (AvgIpc) is 2.64. The van der Waals surface area contributed by atoms with Crippen molar-refractivity contribution in [3.05, 3.63) is 35.9 Å². The number of carbonyl (C=O) groups is 1. The van der Waals surface area contributed by atoms with Crippen molar-refractivity contribution in [3.63, 3.8) is 0 Å². The molecule has 0 radical (unpaired) electrons. The van der Waals surface area contributed by atoms with Gasteiger partial charge in [0.15, 0.2) is 6.29 Å². The summed E-state index contributed by atoms with van der Waals surface area (Å²) in [7, 11) is 3.20. The van der Waals surface area contributed by atoms with Crippen molar-refractivity contribution < 1.29 is 33.6 Å². The van der Waals surface area contributed by atoms with Crippen molar-refractivity contribution in [1.29, 1.82) is 0 Å². The highest BCUT2D eigenvalue weighted by Crippen LogP contribution is 2.31. The second-order valence-electron chi connectivity index (χ2n) is 7.04. The van der Waals surface area contributed by atoms with Gasteiger partial charge in [-0.2, -0.15) is 0 Å². The first kappa shape index (κ1) is 21.8. The first-order valence-corrected chi connectivity index (χ1v) is 9.16. The second-order valence-corrected chi connectivity index (χ2v) is 7.04. The summed E-state index contributed by atoms with van der Waals surface area (Å²) in [5.41, 5.74) is 0.989. The van der Waals surface area contributed by atoms with Crippen LogP contribution in [0, 0.1) is 5.92 Å². The molecule has 1 aliphatic rings. The van der Waals surface area contributed by atoms with Gasteiger partial charge in [0, 0.05) is 14.2 Å². The van der Waals surface area contributed by atoms with Crippen molar-refractivity contribution in [2.24, 2.45) is 5.92 Å². The summed E-state index contributed by atoms with van der Waals surface area (Å²) >= 11 is 0. The number of hydrogen-bond acceptors (Lipinski definition) is 6. The van der Waals surface area contributed by atoms with Crippen LogP contribution in [0.5, 0.6) is 0 Å². The van der Waals surface area contributed by atoms with Crippen molar-refractivity contribution >= 4 is 5.97 Å². The van der Waals surface area contributed by atoms with Crippen LogP contribution in [-0.2, 0) is 35.1 Å². The monoisotopic (exact) mass is 382 g/mol. The van der Waals surface area contributed by atoms with Crippen molar-refractivity contribution in [3.8, 4) is 0 Å². The SMILES string of the molecule is CO[C@@H]1[C@H](OCc2ccccc2)[C@@H](OCC(=O)O)O[C@H](CC(C)C)[C@H]1OC. The molecule has 0 spiro atoms. The summed E-state index contributed by atoms with van der Waals surface area (Å²) in [5.74, 6) is -0.698. The molecule has 1 N–H and O–H groups in total. The van der Waals surface area contributed by atoms with Crippen LogP contribution >= 0.6 is 0 Å². The molecular formula is C20H30O7. The van der Waals surface area contributed by atoms with Crippen LogP contribution in [0.3, 0.4) is 0 Å². The number of carboxylic acids is 1. The molecule has 2 rings (SSSR count). The molecule has 1 heterocycles. The van der Waals surface area contributed by atoms with Crippen LogP contribution in [0.1, 0.15) is 25.8 Å². The van der Waals surface area contributed by atoms with Crippen molar-refractivity contribution in [2.75, 3.05) is 20.8 Å². The van der Waals surface area contributed by atoms with Gasteiger partial charge in [-0.1, -0.05) is 44.2 Å². The van der Waals surface area contributed by atoms with E-state index in [9.17, 15) is 4.79 Å². The van der Waals surface area contributed by atoms with Gasteiger partial charge in [0.1, 0.15) is 24.9 Å². The topological polar surface area (TPSA) is 83.5 Å². The fraction of sp³-hybridized carbons (Fsp3) is 0.650. The highest BCUT2D eigenvalue weighted by molar-refractivity contribution is 5.68. The van der Waals surface area contributed by atoms with E-state index >= 15 is 0 Å². The average molecular weight is 382 g/mol. The molecule has 1 aromatic rings. The third-order valence-corrected chi connectivity index (χ3v) is 4.50. The minimum atomic E-state index is -1.07. The van der Waals surface area contributed by atoms with E-state index in [0.717, 1.165) is 12.0 Å². The quantitative estimate of drug-likeness (QED) is 0.665. The first-order chi connectivity index (χ1) is 13.0. The lowest BCUT2D eigenvalue weighted by Gasteiger charge is -2.45. The van der Waals surface area contributed by atoms with E-state index in [-0.39, 0.29) is 12.2 Å². The van der Waals surface area contributed by atoms with E-state index in [1.807, 2.05) is 30.3 Å². The molecule has 5 atom stereocenters. The summed E-state index contributed by atoms with van der Waals surface area (Å²) in [6.45, 7) is 4.03. The van der Waals surface area contributed by atoms with Crippen LogP contribution in [0.2, 0.25) is 0 Å². The van der Waals surface area contributed by atoms with Crippen LogP contribution < -0.4 is 0 Å². The molecule has 1 aromatic carbocycles. The van der Waals surface area contributed by atoms with Crippen molar-refractivity contribution in [2.45, 2.75) is 57.6 Å². The number of methoxy groups -OCH3 is 2. The van der Waals surface area contributed by atoms with Gasteiger partial charge < -0.3 is 28.8 Å². The predicted molar refractivity (Wildman–Crippen MR) is 98.3 cm³/mol. The Labute approximate surface area is 160 Å². The van der Waals surface area contributed by atoms with Crippen LogP contribution in [0.15, 0.2) is 30.3 Å². The van der Waals surface area contributed by atoms with Crippen LogP contribution in [0.4, 0.5) is 0 Å². The van der Waals surface area contributed by atoms with Gasteiger partial charge in [-0.3, -0.25) is 0 Å². The van der Waals surface area contributed by atoms with Gasteiger partial charge in [0.2, 0.25) is 0 Å². The Balaban J connectivity index is 2.18. The maximum atomic E-state index is 11.0. The summed E-state index contributed by atoms with van der Waals surface area (Å²) in [5, 5.41) is 8.99. The van der Waals surface area contributed by atoms with E-state index in [1.54, 1.807) is 14.2 Å². The fourth-order valence-corrected chi connectivity index (χ4v) is 3.32. The molecule has 0 unspecified atom stereocenters. The van der Waals surface area contributed by atoms with Crippen molar-refractivity contribution in [1.82, 2.24) is 0 Å². The number of hydrogen-bond donors (Lipinski definition) is 1. The first-order valence-electron chi connectivity index (χ1n) is 9.16. The lowest BCUT2D eigenvalue weighted by molar-refractivity contribution is -0.315. The maximum Gasteiger partial charge on any atom is 0.329 e. The van der Waals surface area contributed by atoms with Gasteiger partial charge in [0.25, 0.3) is 0 Å². The number of carboxylic acid groups (broad SMARTS) is 1. The zero-order valence-corrected chi connectivity index (χ0v) is 16.4. The van der Waals surface area contributed by atoms with Gasteiger partial charge in [-0.05, 0) is 17.9 Å². The Morgan fingerprint density at radius 2 is 1.74 bits per heavy atom. The number of ether oxygens (including phenoxy) is 5. The smallest absolute Gasteiger partial charge is 0.329 e. The highest BCUT2D eigenvalue weighted by atomic mass is 16.7. The summed E-state index contributed by atoms with van der Waals surface area (Å²) in [6.07, 6.45) is -1.82. The fourth-order valence-electron chi connectivity index (χ4n) is 3.32. The molecule has 27 heavy (non-hydrogen) atoms. The molecule has 0 bridgehead atoms. The molecule has 7 heteroatoms. The third-order valence-electron chi connectivity index (χ3n) is 4.50. The molecule has 1 fully saturated rings. The van der Waals surface area contributed by atoms with Gasteiger partial charge in [-0.25, -0.2) is 4.79 Å². The van der Waals surface area contributed by atoms with Gasteiger partial charge in [0.05, 0.1) is 12.7 Å². The lowest BCUT2D eigenvalue weighted by Crippen LogP contribution is -2.60. The molecule has 0 amide bonds. The maximum absolute atomic E-state index is 11.0. The Morgan fingerprint density at radius 1 is 1.07 bits per heavy atom. The van der Waals surface area contributed by atoms with E-state index < -0.39 is 31.1 Å². The molecule has 0 saturated carbocycles. The molecule has 152 valence electrons. The minimum Gasteiger partial charge on any atom is -0.480 e. The van der Waals surface area contributed by atoms with E-state index in [4.69, 9.17) is 28.8 Å². The van der Waals surface area contributed by atoms with Gasteiger partial charge >= 0.3 is 5.97 Å². The second kappa shape index (κ2) is 10.7. The molecule has 0 aromatic heterocycles. The zero-order chi connectivity index (χ0) is 19.8. The lowest BCUT2D eigenvalue weighted by atomic mass is 9.92. The largest absolute Gasteiger partial charge is 0.480 e. The third kappa shape index (κ3) is 6.26. The van der Waals surface area contributed by atoms with E-state index in [0.29, 0.717) is 12.5 Å². The van der Waals surface area contributed by atoms with Gasteiger partial charge in [-0.15, -0.1) is 0 Å². The van der Waals surface area contributed by atoms with E-state index in [1.165, 1.54) is 0 Å². The molecular weight excluding hydrogens is 352 g/mol. The number of benzene rings is 1. The number of aliphatic carboxylic acids is 1. The molecule has 1 aliphatic heterocycles. The Hall–Kier alpha value is -1.51. The summed E-state index contributed by atoms with van der Waals surface area (Å²) in [6, 6.07) is 9.70. The highest BCUT2D eigenvalue weighted by Gasteiger charge is 2.48.